The Hall–Kier alpha value is -1.89. The Bertz CT molecular complexity index is 621. The molecule has 0 aromatic heterocycles. The minimum Gasteiger partial charge on any atom is -0.351 e. The van der Waals surface area contributed by atoms with Crippen molar-refractivity contribution in [3.05, 3.63) is 23.8 Å². The largest absolute Gasteiger partial charge is 0.351 e. The van der Waals surface area contributed by atoms with Gasteiger partial charge >= 0.3 is 6.03 Å². The van der Waals surface area contributed by atoms with E-state index in [-0.39, 0.29) is 17.0 Å². The molecule has 1 aromatic rings. The monoisotopic (exact) mass is 254 g/mol. The fraction of sp³-hybridized carbons (Fsp3) is 0.200. The molecular formula is C10H10N2O4S. The number of benzene rings is 1. The Labute approximate surface area is 97.9 Å². The highest BCUT2D eigenvalue weighted by atomic mass is 32.2. The number of imide groups is 1. The lowest BCUT2D eigenvalue weighted by molar-refractivity contribution is -0.116. The lowest BCUT2D eigenvalue weighted by atomic mass is 10.2. The zero-order valence-electron chi connectivity index (χ0n) is 9.00. The van der Waals surface area contributed by atoms with Crippen LogP contribution in [0.4, 0.5) is 10.5 Å². The predicted octanol–water partition coefficient (Wildman–Crippen LogP) is 0.0579. The smallest absolute Gasteiger partial charge is 0.326 e. The molecule has 7 heteroatoms. The Kier molecular flexibility index (Phi) is 2.43. The Balaban J connectivity index is 2.61. The van der Waals surface area contributed by atoms with E-state index in [0.717, 1.165) is 11.2 Å². The van der Waals surface area contributed by atoms with Gasteiger partial charge in [0.05, 0.1) is 17.0 Å². The van der Waals surface area contributed by atoms with Crippen LogP contribution in [0.2, 0.25) is 0 Å². The van der Waals surface area contributed by atoms with Gasteiger partial charge in [-0.2, -0.15) is 0 Å². The number of carbonyl (C=O) groups excluding carboxylic acids is 2. The molecule has 6 nitrogen and oxygen atoms in total. The van der Waals surface area contributed by atoms with Gasteiger partial charge in [-0.25, -0.2) is 18.1 Å². The van der Waals surface area contributed by atoms with Crippen LogP contribution in [0, 0.1) is 0 Å². The number of anilines is 1. The number of fused-ring (bicyclic) bond motifs is 1. The normalized spacial score (nSPS) is 14.9. The topological polar surface area (TPSA) is 97.5 Å². The molecule has 0 atom stereocenters. The lowest BCUT2D eigenvalue weighted by Crippen LogP contribution is -2.38. The molecule has 1 heterocycles. The maximum absolute atomic E-state index is 11.5. The number of urea groups is 1. The van der Waals surface area contributed by atoms with E-state index in [2.05, 4.69) is 0 Å². The summed E-state index contributed by atoms with van der Waals surface area (Å²) < 4.78 is 22.7. The van der Waals surface area contributed by atoms with Crippen molar-refractivity contribution in [2.75, 3.05) is 11.2 Å². The van der Waals surface area contributed by atoms with Gasteiger partial charge in [-0.1, -0.05) is 6.07 Å². The van der Waals surface area contributed by atoms with Gasteiger partial charge in [-0.05, 0) is 17.7 Å². The Morgan fingerprint density at radius 1 is 1.41 bits per heavy atom. The molecule has 0 radical (unpaired) electrons. The number of primary amides is 1. The van der Waals surface area contributed by atoms with Crippen molar-refractivity contribution in [1.82, 2.24) is 0 Å². The first-order valence-electron chi connectivity index (χ1n) is 4.76. The van der Waals surface area contributed by atoms with Crippen molar-refractivity contribution in [3.8, 4) is 0 Å². The summed E-state index contributed by atoms with van der Waals surface area (Å²) in [5, 5.41) is 0. The summed E-state index contributed by atoms with van der Waals surface area (Å²) in [4.78, 5) is 23.5. The zero-order chi connectivity index (χ0) is 12.8. The Morgan fingerprint density at radius 2 is 2.06 bits per heavy atom. The molecular weight excluding hydrogens is 244 g/mol. The highest BCUT2D eigenvalue weighted by Crippen LogP contribution is 2.30. The first kappa shape index (κ1) is 11.6. The van der Waals surface area contributed by atoms with Crippen molar-refractivity contribution in [2.24, 2.45) is 5.73 Å². The van der Waals surface area contributed by atoms with Crippen LogP contribution in [0.25, 0.3) is 0 Å². The van der Waals surface area contributed by atoms with Gasteiger partial charge in [0.25, 0.3) is 0 Å². The molecule has 1 aliphatic rings. The van der Waals surface area contributed by atoms with E-state index in [9.17, 15) is 18.0 Å². The molecule has 3 amide bonds. The van der Waals surface area contributed by atoms with Crippen LogP contribution in [-0.4, -0.2) is 26.6 Å². The molecule has 0 spiro atoms. The standard InChI is InChI=1S/C10H10N2O4S/c1-17(15,16)7-3-2-6-4-9(13)12(10(11)14)8(6)5-7/h2-3,5H,4H2,1H3,(H2,11,14). The maximum Gasteiger partial charge on any atom is 0.326 e. The first-order valence-corrected chi connectivity index (χ1v) is 6.65. The van der Waals surface area contributed by atoms with Crippen LogP contribution < -0.4 is 10.6 Å². The molecule has 2 rings (SSSR count). The van der Waals surface area contributed by atoms with E-state index in [1.54, 1.807) is 0 Å². The van der Waals surface area contributed by atoms with E-state index in [1.165, 1.54) is 18.2 Å². The number of hydrogen-bond acceptors (Lipinski definition) is 4. The summed E-state index contributed by atoms with van der Waals surface area (Å²) in [5.41, 5.74) is 5.93. The minimum absolute atomic E-state index is 0.0530. The van der Waals surface area contributed by atoms with Crippen molar-refractivity contribution < 1.29 is 18.0 Å². The maximum atomic E-state index is 11.5. The summed E-state index contributed by atoms with van der Waals surface area (Å²) >= 11 is 0. The molecule has 0 unspecified atom stereocenters. The van der Waals surface area contributed by atoms with Crippen molar-refractivity contribution >= 4 is 27.5 Å². The fourth-order valence-electron chi connectivity index (χ4n) is 1.75. The summed E-state index contributed by atoms with van der Waals surface area (Å²) in [6, 6.07) is 3.32. The molecule has 0 saturated carbocycles. The van der Waals surface area contributed by atoms with Crippen LogP contribution in [0.5, 0.6) is 0 Å². The van der Waals surface area contributed by atoms with E-state index < -0.39 is 21.8 Å². The average Bonchev–Trinajstić information content (AvgIpc) is 2.50. The van der Waals surface area contributed by atoms with Crippen molar-refractivity contribution in [3.63, 3.8) is 0 Å². The molecule has 1 aromatic carbocycles. The quantitative estimate of drug-likeness (QED) is 0.766. The van der Waals surface area contributed by atoms with Crippen LogP contribution >= 0.6 is 0 Å². The van der Waals surface area contributed by atoms with Gasteiger partial charge in [0.1, 0.15) is 0 Å². The third-order valence-electron chi connectivity index (χ3n) is 2.54. The average molecular weight is 254 g/mol. The van der Waals surface area contributed by atoms with Gasteiger partial charge in [0.15, 0.2) is 9.84 Å². The fourth-order valence-corrected chi connectivity index (χ4v) is 2.39. The number of amides is 3. The number of nitrogens with two attached hydrogens (primary N) is 1. The highest BCUT2D eigenvalue weighted by molar-refractivity contribution is 7.90. The third-order valence-corrected chi connectivity index (χ3v) is 3.65. The number of carbonyl (C=O) groups is 2. The summed E-state index contributed by atoms with van der Waals surface area (Å²) in [6.45, 7) is 0. The molecule has 0 saturated heterocycles. The summed E-state index contributed by atoms with van der Waals surface area (Å²) in [6.07, 6.45) is 1.11. The molecule has 2 N–H and O–H groups in total. The number of rotatable bonds is 1. The van der Waals surface area contributed by atoms with Crippen molar-refractivity contribution in [1.29, 1.82) is 0 Å². The minimum atomic E-state index is -3.38. The number of sulfone groups is 1. The van der Waals surface area contributed by atoms with Crippen LogP contribution in [0.1, 0.15) is 5.56 Å². The number of nitrogens with zero attached hydrogens (tertiary/aromatic N) is 1. The molecule has 17 heavy (non-hydrogen) atoms. The molecule has 1 aliphatic heterocycles. The highest BCUT2D eigenvalue weighted by Gasteiger charge is 2.31. The molecule has 90 valence electrons. The zero-order valence-corrected chi connectivity index (χ0v) is 9.82. The van der Waals surface area contributed by atoms with Gasteiger partial charge in [-0.15, -0.1) is 0 Å². The van der Waals surface area contributed by atoms with Crippen molar-refractivity contribution in [2.45, 2.75) is 11.3 Å². The predicted molar refractivity (Wildman–Crippen MR) is 60.3 cm³/mol. The van der Waals surface area contributed by atoms with E-state index in [4.69, 9.17) is 5.73 Å². The van der Waals surface area contributed by atoms with Gasteiger partial charge in [0, 0.05) is 6.26 Å². The Morgan fingerprint density at radius 3 is 2.59 bits per heavy atom. The van der Waals surface area contributed by atoms with E-state index in [0.29, 0.717) is 5.56 Å². The van der Waals surface area contributed by atoms with E-state index >= 15 is 0 Å². The lowest BCUT2D eigenvalue weighted by Gasteiger charge is -2.12. The van der Waals surface area contributed by atoms with Crippen LogP contribution in [0.3, 0.4) is 0 Å². The number of hydrogen-bond donors (Lipinski definition) is 1. The van der Waals surface area contributed by atoms with Crippen LogP contribution in [-0.2, 0) is 21.1 Å². The van der Waals surface area contributed by atoms with Crippen LogP contribution in [0.15, 0.2) is 23.1 Å². The molecule has 0 aliphatic carbocycles. The second-order valence-corrected chi connectivity index (χ2v) is 5.82. The van der Waals surface area contributed by atoms with E-state index in [1.807, 2.05) is 0 Å². The second kappa shape index (κ2) is 3.56. The molecule has 0 bridgehead atoms. The first-order chi connectivity index (χ1) is 7.80. The second-order valence-electron chi connectivity index (χ2n) is 3.81. The summed E-state index contributed by atoms with van der Waals surface area (Å²) in [7, 11) is -3.38. The summed E-state index contributed by atoms with van der Waals surface area (Å²) in [5.74, 6) is -0.446. The SMILES string of the molecule is CS(=O)(=O)c1ccc2c(c1)N(C(N)=O)C(=O)C2. The third kappa shape index (κ3) is 1.89. The van der Waals surface area contributed by atoms with Gasteiger partial charge in [0.2, 0.25) is 5.91 Å². The van der Waals surface area contributed by atoms with Gasteiger partial charge in [-0.3, -0.25) is 4.79 Å². The van der Waals surface area contributed by atoms with Gasteiger partial charge < -0.3 is 5.73 Å². The molecule has 0 fully saturated rings.